The zero-order valence-electron chi connectivity index (χ0n) is 10.0. The minimum absolute atomic E-state index is 0.0875. The molecule has 0 aliphatic heterocycles. The number of carboxylic acids is 1. The van der Waals surface area contributed by atoms with E-state index in [0.29, 0.717) is 0 Å². The van der Waals surface area contributed by atoms with E-state index in [0.717, 1.165) is 0 Å². The fraction of sp³-hybridized carbons (Fsp3) is 0.364. The van der Waals surface area contributed by atoms with Crippen LogP contribution in [0.4, 0.5) is 0 Å². The molecule has 0 unspecified atom stereocenters. The minimum Gasteiger partial charge on any atom is -0.480 e. The molecule has 1 aromatic heterocycles. The van der Waals surface area contributed by atoms with Gasteiger partial charge in [0, 0.05) is 6.54 Å². The van der Waals surface area contributed by atoms with Crippen LogP contribution in [0.15, 0.2) is 22.8 Å². The largest absolute Gasteiger partial charge is 0.480 e. The number of ether oxygens (including phenoxy) is 1. The molecule has 2 amide bonds. The van der Waals surface area contributed by atoms with E-state index in [1.54, 1.807) is 6.07 Å². The summed E-state index contributed by atoms with van der Waals surface area (Å²) in [6, 6.07) is 3.04. The number of amides is 2. The second kappa shape index (κ2) is 7.88. The van der Waals surface area contributed by atoms with Crippen molar-refractivity contribution >= 4 is 17.8 Å². The summed E-state index contributed by atoms with van der Waals surface area (Å²) in [5, 5.41) is 13.1. The Morgan fingerprint density at radius 1 is 1.32 bits per heavy atom. The van der Waals surface area contributed by atoms with Crippen molar-refractivity contribution in [1.82, 2.24) is 10.6 Å². The fourth-order valence-electron chi connectivity index (χ4n) is 1.14. The summed E-state index contributed by atoms with van der Waals surface area (Å²) >= 11 is 0. The predicted octanol–water partition coefficient (Wildman–Crippen LogP) is -0.773. The topological polar surface area (TPSA) is 118 Å². The van der Waals surface area contributed by atoms with Crippen LogP contribution < -0.4 is 10.6 Å². The van der Waals surface area contributed by atoms with E-state index in [4.69, 9.17) is 14.3 Å². The zero-order valence-corrected chi connectivity index (χ0v) is 10.0. The molecule has 1 aromatic rings. The second-order valence-electron chi connectivity index (χ2n) is 3.46. The average Bonchev–Trinajstić information content (AvgIpc) is 2.89. The third kappa shape index (κ3) is 6.22. The summed E-state index contributed by atoms with van der Waals surface area (Å²) in [7, 11) is 0. The summed E-state index contributed by atoms with van der Waals surface area (Å²) in [6.45, 7) is -0.351. The van der Waals surface area contributed by atoms with E-state index >= 15 is 0 Å². The van der Waals surface area contributed by atoms with Crippen LogP contribution in [0.3, 0.4) is 0 Å². The van der Waals surface area contributed by atoms with Crippen LogP contribution in [0.1, 0.15) is 10.6 Å². The molecular formula is C11H14N2O6. The molecule has 8 heteroatoms. The van der Waals surface area contributed by atoms with Gasteiger partial charge in [0.25, 0.3) is 5.91 Å². The Kier molecular flexibility index (Phi) is 6.10. The van der Waals surface area contributed by atoms with Crippen molar-refractivity contribution in [3.05, 3.63) is 24.2 Å². The molecule has 0 saturated heterocycles. The van der Waals surface area contributed by atoms with Gasteiger partial charge in [-0.1, -0.05) is 0 Å². The number of carbonyl (C=O) groups excluding carboxylic acids is 2. The maximum Gasteiger partial charge on any atom is 0.329 e. The van der Waals surface area contributed by atoms with Gasteiger partial charge in [-0.3, -0.25) is 9.59 Å². The highest BCUT2D eigenvalue weighted by Gasteiger charge is 2.09. The van der Waals surface area contributed by atoms with Crippen LogP contribution in [-0.2, 0) is 14.3 Å². The fourth-order valence-corrected chi connectivity index (χ4v) is 1.14. The van der Waals surface area contributed by atoms with Crippen molar-refractivity contribution in [2.75, 3.05) is 26.3 Å². The van der Waals surface area contributed by atoms with Crippen LogP contribution >= 0.6 is 0 Å². The Morgan fingerprint density at radius 2 is 2.11 bits per heavy atom. The molecule has 0 fully saturated rings. The van der Waals surface area contributed by atoms with E-state index < -0.39 is 24.4 Å². The van der Waals surface area contributed by atoms with E-state index in [-0.39, 0.29) is 25.5 Å². The highest BCUT2D eigenvalue weighted by Crippen LogP contribution is 1.98. The molecule has 0 spiro atoms. The van der Waals surface area contributed by atoms with Gasteiger partial charge in [0.2, 0.25) is 5.91 Å². The van der Waals surface area contributed by atoms with Crippen molar-refractivity contribution in [2.45, 2.75) is 0 Å². The molecule has 3 N–H and O–H groups in total. The number of rotatable bonds is 8. The predicted molar refractivity (Wildman–Crippen MR) is 62.5 cm³/mol. The Morgan fingerprint density at radius 3 is 2.74 bits per heavy atom. The van der Waals surface area contributed by atoms with Crippen molar-refractivity contribution < 1.29 is 28.6 Å². The van der Waals surface area contributed by atoms with E-state index in [2.05, 4.69) is 10.6 Å². The first-order chi connectivity index (χ1) is 9.09. The highest BCUT2D eigenvalue weighted by molar-refractivity contribution is 5.94. The lowest BCUT2D eigenvalue weighted by Gasteiger charge is -2.05. The molecule has 1 rings (SSSR count). The number of carboxylic acid groups (broad SMARTS) is 1. The molecule has 0 saturated carbocycles. The van der Waals surface area contributed by atoms with E-state index in [1.807, 2.05) is 0 Å². The summed E-state index contributed by atoms with van der Waals surface area (Å²) in [5.74, 6) is -1.84. The third-order valence-electron chi connectivity index (χ3n) is 1.95. The van der Waals surface area contributed by atoms with Crippen molar-refractivity contribution in [3.63, 3.8) is 0 Å². The highest BCUT2D eigenvalue weighted by atomic mass is 16.5. The smallest absolute Gasteiger partial charge is 0.329 e. The van der Waals surface area contributed by atoms with Gasteiger partial charge in [0.05, 0.1) is 19.4 Å². The Bertz CT molecular complexity index is 428. The normalized spacial score (nSPS) is 9.89. The minimum atomic E-state index is -1.07. The summed E-state index contributed by atoms with van der Waals surface area (Å²) in [6.07, 6.45) is 1.36. The molecular weight excluding hydrogens is 256 g/mol. The molecule has 0 aliphatic rings. The number of nitrogens with one attached hydrogen (secondary N) is 2. The third-order valence-corrected chi connectivity index (χ3v) is 1.95. The molecule has 0 atom stereocenters. The number of hydrogen-bond acceptors (Lipinski definition) is 5. The molecule has 0 aromatic carbocycles. The summed E-state index contributed by atoms with van der Waals surface area (Å²) in [5.41, 5.74) is 0. The first-order valence-electron chi connectivity index (χ1n) is 5.47. The lowest BCUT2D eigenvalue weighted by atomic mass is 10.4. The average molecular weight is 270 g/mol. The molecule has 19 heavy (non-hydrogen) atoms. The van der Waals surface area contributed by atoms with Crippen LogP contribution in [0, 0.1) is 0 Å². The zero-order chi connectivity index (χ0) is 14.1. The van der Waals surface area contributed by atoms with Gasteiger partial charge in [0.1, 0.15) is 6.61 Å². The first kappa shape index (κ1) is 14.7. The molecule has 1 heterocycles. The number of hydrogen-bond donors (Lipinski definition) is 3. The lowest BCUT2D eigenvalue weighted by molar-refractivity contribution is -0.142. The van der Waals surface area contributed by atoms with E-state index in [9.17, 15) is 14.4 Å². The van der Waals surface area contributed by atoms with Gasteiger partial charge in [-0.15, -0.1) is 0 Å². The van der Waals surface area contributed by atoms with E-state index in [1.165, 1.54) is 12.3 Å². The quantitative estimate of drug-likeness (QED) is 0.534. The molecule has 0 bridgehead atoms. The Labute approximate surface area is 108 Å². The van der Waals surface area contributed by atoms with Gasteiger partial charge in [-0.05, 0) is 12.1 Å². The van der Waals surface area contributed by atoms with Crippen LogP contribution in [0.25, 0.3) is 0 Å². The lowest BCUT2D eigenvalue weighted by Crippen LogP contribution is -2.38. The first-order valence-corrected chi connectivity index (χ1v) is 5.47. The molecule has 0 aliphatic carbocycles. The van der Waals surface area contributed by atoms with Gasteiger partial charge in [-0.2, -0.15) is 0 Å². The number of furan rings is 1. The maximum absolute atomic E-state index is 11.4. The van der Waals surface area contributed by atoms with Gasteiger partial charge < -0.3 is 24.9 Å². The second-order valence-corrected chi connectivity index (χ2v) is 3.46. The van der Waals surface area contributed by atoms with Crippen LogP contribution in [-0.4, -0.2) is 49.2 Å². The van der Waals surface area contributed by atoms with Crippen LogP contribution in [0.5, 0.6) is 0 Å². The molecule has 0 radical (unpaired) electrons. The van der Waals surface area contributed by atoms with Crippen LogP contribution in [0.2, 0.25) is 0 Å². The molecule has 8 nitrogen and oxygen atoms in total. The molecule has 104 valence electrons. The standard InChI is InChI=1S/C11H14N2O6/c14-9(12-3-5-18-7-10(15)16)6-13-11(17)8-2-1-4-19-8/h1-2,4H,3,5-7H2,(H,12,14)(H,13,17)(H,15,16). The summed E-state index contributed by atoms with van der Waals surface area (Å²) in [4.78, 5) is 32.8. The van der Waals surface area contributed by atoms with Crippen molar-refractivity contribution in [2.24, 2.45) is 0 Å². The van der Waals surface area contributed by atoms with Crippen molar-refractivity contribution in [3.8, 4) is 0 Å². The van der Waals surface area contributed by atoms with Gasteiger partial charge >= 0.3 is 5.97 Å². The van der Waals surface area contributed by atoms with Crippen molar-refractivity contribution in [1.29, 1.82) is 0 Å². The summed E-state index contributed by atoms with van der Waals surface area (Å²) < 4.78 is 9.56. The maximum atomic E-state index is 11.4. The number of aliphatic carboxylic acids is 1. The Balaban J connectivity index is 2.08. The Hall–Kier alpha value is -2.35. The number of carbonyl (C=O) groups is 3. The monoisotopic (exact) mass is 270 g/mol. The van der Waals surface area contributed by atoms with Gasteiger partial charge in [0.15, 0.2) is 5.76 Å². The van der Waals surface area contributed by atoms with Gasteiger partial charge in [-0.25, -0.2) is 4.79 Å². The SMILES string of the molecule is O=C(O)COCCNC(=O)CNC(=O)c1ccco1.